The molecule has 3 rings (SSSR count). The van der Waals surface area contributed by atoms with Crippen LogP contribution >= 0.6 is 0 Å². The van der Waals surface area contributed by atoms with Gasteiger partial charge in [-0.05, 0) is 38.1 Å². The summed E-state index contributed by atoms with van der Waals surface area (Å²) in [6, 6.07) is 18.1. The number of aromatic nitrogens is 1. The molecular weight excluding hydrogens is 340 g/mol. The van der Waals surface area contributed by atoms with Gasteiger partial charge in [-0.15, -0.1) is 0 Å². The van der Waals surface area contributed by atoms with Gasteiger partial charge in [0, 0.05) is 29.7 Å². The molecule has 0 aliphatic rings. The average Bonchev–Trinajstić information content (AvgIpc) is 2.73. The summed E-state index contributed by atoms with van der Waals surface area (Å²) in [7, 11) is 0. The highest BCUT2D eigenvalue weighted by Gasteiger charge is 2.10. The quantitative estimate of drug-likeness (QED) is 0.639. The van der Waals surface area contributed by atoms with Crippen LogP contribution in [0.1, 0.15) is 13.8 Å². The predicted molar refractivity (Wildman–Crippen MR) is 109 cm³/mol. The normalized spacial score (nSPS) is 12.1. The maximum Gasteiger partial charge on any atom is 0.145 e. The largest absolute Gasteiger partial charge is 0.489 e. The molecule has 5 heteroatoms. The number of ether oxygens (including phenoxy) is 1. The summed E-state index contributed by atoms with van der Waals surface area (Å²) in [6.07, 6.45) is -0.906. The number of anilines is 1. The zero-order valence-corrected chi connectivity index (χ0v) is 15.8. The summed E-state index contributed by atoms with van der Waals surface area (Å²) in [4.78, 5) is 7.08. The molecule has 2 N–H and O–H groups in total. The van der Waals surface area contributed by atoms with Gasteiger partial charge in [-0.1, -0.05) is 30.3 Å². The van der Waals surface area contributed by atoms with E-state index in [4.69, 9.17) is 14.8 Å². The van der Waals surface area contributed by atoms with E-state index in [1.807, 2.05) is 30.3 Å². The fourth-order valence-electron chi connectivity index (χ4n) is 3.07. The lowest BCUT2D eigenvalue weighted by atomic mass is 10.1. The molecule has 0 amide bonds. The first-order valence-corrected chi connectivity index (χ1v) is 9.33. The third-order valence-corrected chi connectivity index (χ3v) is 4.62. The Balaban J connectivity index is 1.91. The molecule has 1 heterocycles. The lowest BCUT2D eigenvalue weighted by molar-refractivity contribution is 0.0540. The van der Waals surface area contributed by atoms with Crippen molar-refractivity contribution in [3.05, 3.63) is 54.6 Å². The van der Waals surface area contributed by atoms with Gasteiger partial charge in [0.15, 0.2) is 0 Å². The van der Waals surface area contributed by atoms with E-state index in [-0.39, 0.29) is 13.2 Å². The van der Waals surface area contributed by atoms with Gasteiger partial charge < -0.3 is 19.8 Å². The van der Waals surface area contributed by atoms with Crippen LogP contribution in [0.15, 0.2) is 54.6 Å². The van der Waals surface area contributed by atoms with Crippen LogP contribution in [0, 0.1) is 0 Å². The van der Waals surface area contributed by atoms with Crippen molar-refractivity contribution in [1.29, 1.82) is 0 Å². The Hall–Kier alpha value is -2.63. The van der Waals surface area contributed by atoms with Gasteiger partial charge in [0.1, 0.15) is 24.0 Å². The van der Waals surface area contributed by atoms with Crippen molar-refractivity contribution < 1.29 is 14.9 Å². The van der Waals surface area contributed by atoms with E-state index < -0.39 is 6.10 Å². The molecule has 0 aliphatic carbocycles. The standard InChI is InChI=1S/C22H26N2O3/c1-3-24(4-2)18-11-8-16(9-12-18)20-13-10-17-6-5-7-21(22(17)23-20)27-15-19(26)14-25/h5-13,19,25-26H,3-4,14-15H2,1-2H3. The van der Waals surface area contributed by atoms with Crippen molar-refractivity contribution in [3.8, 4) is 17.0 Å². The lowest BCUT2D eigenvalue weighted by Crippen LogP contribution is -2.21. The van der Waals surface area contributed by atoms with E-state index in [1.165, 1.54) is 5.69 Å². The zero-order valence-electron chi connectivity index (χ0n) is 15.8. The zero-order chi connectivity index (χ0) is 19.2. The van der Waals surface area contributed by atoms with E-state index in [9.17, 15) is 5.11 Å². The minimum atomic E-state index is -0.906. The number of nitrogens with zero attached hydrogens (tertiary/aromatic N) is 2. The second-order valence-corrected chi connectivity index (χ2v) is 6.39. The van der Waals surface area contributed by atoms with E-state index in [0.717, 1.165) is 35.2 Å². The molecule has 3 aromatic rings. The Morgan fingerprint density at radius 1 is 1.00 bits per heavy atom. The molecule has 27 heavy (non-hydrogen) atoms. The Bertz CT molecular complexity index is 876. The van der Waals surface area contributed by atoms with E-state index >= 15 is 0 Å². The third-order valence-electron chi connectivity index (χ3n) is 4.62. The van der Waals surface area contributed by atoms with E-state index in [2.05, 4.69) is 43.0 Å². The molecule has 1 atom stereocenters. The maximum absolute atomic E-state index is 9.54. The van der Waals surface area contributed by atoms with Gasteiger partial charge >= 0.3 is 0 Å². The van der Waals surface area contributed by atoms with Crippen molar-refractivity contribution >= 4 is 16.6 Å². The summed E-state index contributed by atoms with van der Waals surface area (Å²) in [5.41, 5.74) is 3.85. The summed E-state index contributed by atoms with van der Waals surface area (Å²) in [5.74, 6) is 0.599. The fraction of sp³-hybridized carbons (Fsp3) is 0.318. The first-order chi connectivity index (χ1) is 13.2. The molecule has 0 aliphatic heterocycles. The topological polar surface area (TPSA) is 65.8 Å². The molecule has 1 aromatic heterocycles. The Kier molecular flexibility index (Phi) is 6.27. The number of aliphatic hydroxyl groups is 2. The molecule has 0 saturated heterocycles. The molecule has 0 radical (unpaired) electrons. The number of hydrogen-bond acceptors (Lipinski definition) is 5. The third kappa shape index (κ3) is 4.38. The lowest BCUT2D eigenvalue weighted by Gasteiger charge is -2.21. The monoisotopic (exact) mass is 366 g/mol. The van der Waals surface area contributed by atoms with Crippen LogP contribution < -0.4 is 9.64 Å². The highest BCUT2D eigenvalue weighted by molar-refractivity contribution is 5.86. The molecule has 5 nitrogen and oxygen atoms in total. The van der Waals surface area contributed by atoms with Crippen LogP contribution in [-0.4, -0.2) is 47.6 Å². The summed E-state index contributed by atoms with van der Waals surface area (Å²) in [6.45, 7) is 5.95. The van der Waals surface area contributed by atoms with Crippen LogP contribution in [-0.2, 0) is 0 Å². The summed E-state index contributed by atoms with van der Waals surface area (Å²) >= 11 is 0. The molecule has 0 saturated carbocycles. The van der Waals surface area contributed by atoms with E-state index in [0.29, 0.717) is 5.75 Å². The summed E-state index contributed by atoms with van der Waals surface area (Å²) in [5, 5.41) is 19.5. The van der Waals surface area contributed by atoms with Gasteiger partial charge in [-0.3, -0.25) is 0 Å². The molecule has 0 fully saturated rings. The number of pyridine rings is 1. The number of hydrogen-bond donors (Lipinski definition) is 2. The fourth-order valence-corrected chi connectivity index (χ4v) is 3.07. The molecule has 142 valence electrons. The van der Waals surface area contributed by atoms with Crippen LogP contribution in [0.3, 0.4) is 0 Å². The van der Waals surface area contributed by atoms with Crippen molar-refractivity contribution in [2.45, 2.75) is 20.0 Å². The number of fused-ring (bicyclic) bond motifs is 1. The molecule has 2 aromatic carbocycles. The number of aliphatic hydroxyl groups excluding tert-OH is 2. The smallest absolute Gasteiger partial charge is 0.145 e. The van der Waals surface area contributed by atoms with Crippen LogP contribution in [0.4, 0.5) is 5.69 Å². The highest BCUT2D eigenvalue weighted by Crippen LogP contribution is 2.28. The molecular formula is C22H26N2O3. The van der Waals surface area contributed by atoms with Gasteiger partial charge in [0.05, 0.1) is 12.3 Å². The van der Waals surface area contributed by atoms with Gasteiger partial charge in [-0.2, -0.15) is 0 Å². The Morgan fingerprint density at radius 3 is 2.41 bits per heavy atom. The number of benzene rings is 2. The minimum Gasteiger partial charge on any atom is -0.489 e. The van der Waals surface area contributed by atoms with Crippen molar-refractivity contribution in [2.24, 2.45) is 0 Å². The van der Waals surface area contributed by atoms with Crippen molar-refractivity contribution in [2.75, 3.05) is 31.2 Å². The average molecular weight is 366 g/mol. The maximum atomic E-state index is 9.54. The first kappa shape index (κ1) is 19.1. The minimum absolute atomic E-state index is 0.0279. The Morgan fingerprint density at radius 2 is 1.74 bits per heavy atom. The molecule has 0 bridgehead atoms. The van der Waals surface area contributed by atoms with Crippen molar-refractivity contribution in [3.63, 3.8) is 0 Å². The van der Waals surface area contributed by atoms with Crippen molar-refractivity contribution in [1.82, 2.24) is 4.98 Å². The van der Waals surface area contributed by atoms with Crippen LogP contribution in [0.2, 0.25) is 0 Å². The highest BCUT2D eigenvalue weighted by atomic mass is 16.5. The SMILES string of the molecule is CCN(CC)c1ccc(-c2ccc3cccc(OCC(O)CO)c3n2)cc1. The van der Waals surface area contributed by atoms with Crippen LogP contribution in [0.25, 0.3) is 22.2 Å². The number of para-hydroxylation sites is 1. The van der Waals surface area contributed by atoms with Gasteiger partial charge in [0.25, 0.3) is 0 Å². The summed E-state index contributed by atoms with van der Waals surface area (Å²) < 4.78 is 5.66. The van der Waals surface area contributed by atoms with Gasteiger partial charge in [0.2, 0.25) is 0 Å². The molecule has 1 unspecified atom stereocenters. The van der Waals surface area contributed by atoms with E-state index in [1.54, 1.807) is 0 Å². The number of rotatable bonds is 8. The second kappa shape index (κ2) is 8.84. The Labute approximate surface area is 159 Å². The first-order valence-electron chi connectivity index (χ1n) is 9.33. The predicted octanol–water partition coefficient (Wildman–Crippen LogP) is 3.48. The van der Waals surface area contributed by atoms with Crippen LogP contribution in [0.5, 0.6) is 5.75 Å². The molecule has 0 spiro atoms. The van der Waals surface area contributed by atoms with Gasteiger partial charge in [-0.25, -0.2) is 4.98 Å². The second-order valence-electron chi connectivity index (χ2n) is 6.39.